The first kappa shape index (κ1) is 18.9. The summed E-state index contributed by atoms with van der Waals surface area (Å²) in [5.41, 5.74) is 4.19. The number of halogens is 2. The molecule has 0 aliphatic heterocycles. The second-order valence-corrected chi connectivity index (χ2v) is 9.23. The topological polar surface area (TPSA) is 81.1 Å². The first-order chi connectivity index (χ1) is 12.2. The van der Waals surface area contributed by atoms with Crippen molar-refractivity contribution < 1.29 is 8.42 Å². The van der Waals surface area contributed by atoms with Crippen molar-refractivity contribution in [3.05, 3.63) is 62.1 Å². The van der Waals surface area contributed by atoms with Crippen molar-refractivity contribution in [2.45, 2.75) is 18.7 Å². The van der Waals surface area contributed by atoms with Crippen LogP contribution in [0, 0.1) is 6.92 Å². The van der Waals surface area contributed by atoms with Crippen LogP contribution in [-0.2, 0) is 9.84 Å². The molecule has 0 saturated heterocycles. The molecule has 1 aromatic heterocycles. The lowest BCUT2D eigenvalue weighted by Gasteiger charge is -2.14. The molecule has 2 aromatic carbocycles. The number of aryl methyl sites for hydroxylation is 1. The predicted octanol–water partition coefficient (Wildman–Crippen LogP) is 3.79. The van der Waals surface area contributed by atoms with Crippen LogP contribution in [0.15, 0.2) is 50.8 Å². The molecule has 0 bridgehead atoms. The fourth-order valence-corrected chi connectivity index (χ4v) is 4.01. The standard InChI is InChI=1S/C17H15BrClN3O3S/c1-3-26(24,25)16-5-4-11(19)7-15(16)21-22-9-20-14-6-10(2)13(18)8-12(14)17(22)23/h4-9,21H,3H2,1-2H3. The van der Waals surface area contributed by atoms with Crippen LogP contribution in [0.4, 0.5) is 5.69 Å². The summed E-state index contributed by atoms with van der Waals surface area (Å²) in [6.45, 7) is 3.46. The van der Waals surface area contributed by atoms with Crippen molar-refractivity contribution in [2.24, 2.45) is 0 Å². The van der Waals surface area contributed by atoms with Gasteiger partial charge in [0.05, 0.1) is 27.2 Å². The van der Waals surface area contributed by atoms with E-state index in [-0.39, 0.29) is 21.9 Å². The molecule has 0 aliphatic rings. The molecule has 0 unspecified atom stereocenters. The van der Waals surface area contributed by atoms with Gasteiger partial charge in [-0.05, 0) is 42.8 Å². The van der Waals surface area contributed by atoms with E-state index in [1.807, 2.05) is 6.92 Å². The van der Waals surface area contributed by atoms with Crippen LogP contribution >= 0.6 is 27.5 Å². The van der Waals surface area contributed by atoms with Gasteiger partial charge in [0.2, 0.25) is 0 Å². The van der Waals surface area contributed by atoms with Crippen molar-refractivity contribution in [3.63, 3.8) is 0 Å². The zero-order valence-electron chi connectivity index (χ0n) is 14.0. The van der Waals surface area contributed by atoms with Crippen LogP contribution in [0.2, 0.25) is 5.02 Å². The number of fused-ring (bicyclic) bond motifs is 1. The van der Waals surface area contributed by atoms with Gasteiger partial charge in [-0.15, -0.1) is 0 Å². The van der Waals surface area contributed by atoms with Gasteiger partial charge in [0.1, 0.15) is 6.33 Å². The Kier molecular flexibility index (Phi) is 5.09. The predicted molar refractivity (Wildman–Crippen MR) is 107 cm³/mol. The Hall–Kier alpha value is -1.90. The molecule has 26 heavy (non-hydrogen) atoms. The third-order valence-electron chi connectivity index (χ3n) is 3.94. The smallest absolute Gasteiger partial charge is 0.280 e. The van der Waals surface area contributed by atoms with Crippen molar-refractivity contribution in [3.8, 4) is 0 Å². The van der Waals surface area contributed by atoms with E-state index < -0.39 is 9.84 Å². The second kappa shape index (κ2) is 7.02. The van der Waals surface area contributed by atoms with Gasteiger partial charge in [-0.1, -0.05) is 34.5 Å². The van der Waals surface area contributed by atoms with Gasteiger partial charge in [-0.3, -0.25) is 10.2 Å². The summed E-state index contributed by atoms with van der Waals surface area (Å²) < 4.78 is 26.6. The van der Waals surface area contributed by atoms with Gasteiger partial charge in [0, 0.05) is 9.50 Å². The largest absolute Gasteiger partial charge is 0.289 e. The van der Waals surface area contributed by atoms with Gasteiger partial charge in [0.25, 0.3) is 5.56 Å². The molecule has 0 atom stereocenters. The zero-order valence-corrected chi connectivity index (χ0v) is 17.1. The molecule has 0 saturated carbocycles. The van der Waals surface area contributed by atoms with Crippen LogP contribution in [0.3, 0.4) is 0 Å². The Bertz CT molecular complexity index is 1180. The number of benzene rings is 2. The quantitative estimate of drug-likeness (QED) is 0.646. The van der Waals surface area contributed by atoms with Crippen molar-refractivity contribution in [1.29, 1.82) is 0 Å². The highest BCUT2D eigenvalue weighted by molar-refractivity contribution is 9.10. The summed E-state index contributed by atoms with van der Waals surface area (Å²) in [7, 11) is -3.50. The van der Waals surface area contributed by atoms with Gasteiger partial charge >= 0.3 is 0 Å². The van der Waals surface area contributed by atoms with Crippen LogP contribution < -0.4 is 11.0 Å². The Morgan fingerprint density at radius 3 is 2.69 bits per heavy atom. The fraction of sp³-hybridized carbons (Fsp3) is 0.176. The summed E-state index contributed by atoms with van der Waals surface area (Å²) in [6, 6.07) is 7.88. The number of hydrogen-bond acceptors (Lipinski definition) is 5. The molecule has 6 nitrogen and oxygen atoms in total. The third kappa shape index (κ3) is 3.49. The molecule has 9 heteroatoms. The average molecular weight is 457 g/mol. The van der Waals surface area contributed by atoms with Crippen molar-refractivity contribution in [1.82, 2.24) is 9.66 Å². The lowest BCUT2D eigenvalue weighted by molar-refractivity contribution is 0.597. The van der Waals surface area contributed by atoms with E-state index in [0.29, 0.717) is 15.9 Å². The van der Waals surface area contributed by atoms with E-state index in [1.54, 1.807) is 19.1 Å². The maximum atomic E-state index is 12.8. The summed E-state index contributed by atoms with van der Waals surface area (Å²) in [5, 5.41) is 0.752. The Morgan fingerprint density at radius 1 is 1.27 bits per heavy atom. The number of sulfone groups is 1. The van der Waals surface area contributed by atoms with Crippen LogP contribution in [0.1, 0.15) is 12.5 Å². The molecule has 3 aromatic rings. The summed E-state index contributed by atoms with van der Waals surface area (Å²) in [4.78, 5) is 17.1. The lowest BCUT2D eigenvalue weighted by atomic mass is 10.2. The van der Waals surface area contributed by atoms with E-state index in [9.17, 15) is 13.2 Å². The molecule has 3 rings (SSSR count). The molecular weight excluding hydrogens is 442 g/mol. The molecular formula is C17H15BrClN3O3S. The Balaban J connectivity index is 2.16. The molecule has 0 fully saturated rings. The first-order valence-electron chi connectivity index (χ1n) is 7.70. The van der Waals surface area contributed by atoms with E-state index in [4.69, 9.17) is 11.6 Å². The molecule has 0 spiro atoms. The fourth-order valence-electron chi connectivity index (χ4n) is 2.47. The molecule has 0 aliphatic carbocycles. The maximum absolute atomic E-state index is 12.8. The number of aromatic nitrogens is 2. The molecule has 0 amide bonds. The summed E-state index contributed by atoms with van der Waals surface area (Å²) >= 11 is 9.41. The Morgan fingerprint density at radius 2 is 2.00 bits per heavy atom. The molecule has 1 heterocycles. The lowest BCUT2D eigenvalue weighted by Crippen LogP contribution is -2.27. The van der Waals surface area contributed by atoms with Gasteiger partial charge < -0.3 is 0 Å². The van der Waals surface area contributed by atoms with Gasteiger partial charge in [-0.25, -0.2) is 18.1 Å². The number of nitrogens with one attached hydrogen (secondary N) is 1. The highest BCUT2D eigenvalue weighted by atomic mass is 79.9. The monoisotopic (exact) mass is 455 g/mol. The zero-order chi connectivity index (χ0) is 19.1. The van der Waals surface area contributed by atoms with Gasteiger partial charge in [0.15, 0.2) is 9.84 Å². The Labute approximate surface area is 163 Å². The van der Waals surface area contributed by atoms with Crippen LogP contribution in [0.25, 0.3) is 10.9 Å². The van der Waals surface area contributed by atoms with Crippen molar-refractivity contribution >= 4 is 54.0 Å². The van der Waals surface area contributed by atoms with E-state index >= 15 is 0 Å². The van der Waals surface area contributed by atoms with E-state index in [0.717, 1.165) is 14.7 Å². The molecule has 0 radical (unpaired) electrons. The number of hydrogen-bond donors (Lipinski definition) is 1. The normalized spacial score (nSPS) is 11.7. The minimum atomic E-state index is -3.50. The van der Waals surface area contributed by atoms with E-state index in [1.165, 1.54) is 24.5 Å². The van der Waals surface area contributed by atoms with Crippen LogP contribution in [0.5, 0.6) is 0 Å². The van der Waals surface area contributed by atoms with E-state index in [2.05, 4.69) is 26.3 Å². The maximum Gasteiger partial charge on any atom is 0.280 e. The summed E-state index contributed by atoms with van der Waals surface area (Å²) in [5.74, 6) is -0.0690. The number of rotatable bonds is 4. The first-order valence-corrected chi connectivity index (χ1v) is 10.5. The highest BCUT2D eigenvalue weighted by Gasteiger charge is 2.18. The van der Waals surface area contributed by atoms with Crippen molar-refractivity contribution in [2.75, 3.05) is 11.2 Å². The third-order valence-corrected chi connectivity index (χ3v) is 6.81. The minimum absolute atomic E-state index is 0.0690. The van der Waals surface area contributed by atoms with Crippen LogP contribution in [-0.4, -0.2) is 23.8 Å². The minimum Gasteiger partial charge on any atom is -0.289 e. The summed E-state index contributed by atoms with van der Waals surface area (Å²) in [6.07, 6.45) is 1.32. The highest BCUT2D eigenvalue weighted by Crippen LogP contribution is 2.26. The number of nitrogens with zero attached hydrogens (tertiary/aromatic N) is 2. The average Bonchev–Trinajstić information content (AvgIpc) is 2.59. The molecule has 136 valence electrons. The SMILES string of the molecule is CCS(=O)(=O)c1ccc(Cl)cc1Nn1cnc2cc(C)c(Br)cc2c1=O. The second-order valence-electron chi connectivity index (χ2n) is 5.69. The van der Waals surface area contributed by atoms with Gasteiger partial charge in [-0.2, -0.15) is 0 Å². The number of anilines is 1. The molecule has 1 N–H and O–H groups in total.